The molecule has 1 aliphatic heterocycles. The summed E-state index contributed by atoms with van der Waals surface area (Å²) >= 11 is 6.08. The van der Waals surface area contributed by atoms with E-state index in [0.29, 0.717) is 10.9 Å². The summed E-state index contributed by atoms with van der Waals surface area (Å²) in [5.41, 5.74) is 3.80. The number of halogens is 1. The third-order valence-corrected chi connectivity index (χ3v) is 3.07. The number of aromatic nitrogens is 1. The monoisotopic (exact) mass is 227 g/mol. The van der Waals surface area contributed by atoms with E-state index in [9.17, 15) is 0 Å². The lowest BCUT2D eigenvalue weighted by Gasteiger charge is -2.22. The fourth-order valence-electron chi connectivity index (χ4n) is 1.93. The first-order valence-corrected chi connectivity index (χ1v) is 5.34. The fraction of sp³-hybridized carbons (Fsp3) is 0.500. The molecule has 15 heavy (non-hydrogen) atoms. The Bertz CT molecular complexity index is 328. The molecule has 0 aliphatic carbocycles. The number of hydrazine groups is 1. The molecule has 1 saturated heterocycles. The minimum absolute atomic E-state index is 0.0444. The van der Waals surface area contributed by atoms with Crippen LogP contribution in [0.15, 0.2) is 18.5 Å². The summed E-state index contributed by atoms with van der Waals surface area (Å²) in [6.45, 7) is 1.53. The first kappa shape index (κ1) is 10.8. The van der Waals surface area contributed by atoms with Crippen molar-refractivity contribution in [3.63, 3.8) is 0 Å². The van der Waals surface area contributed by atoms with Gasteiger partial charge in [0, 0.05) is 24.9 Å². The van der Waals surface area contributed by atoms with Gasteiger partial charge < -0.3 is 4.74 Å². The van der Waals surface area contributed by atoms with Crippen molar-refractivity contribution in [2.75, 3.05) is 13.2 Å². The van der Waals surface area contributed by atoms with Crippen molar-refractivity contribution in [1.82, 2.24) is 10.4 Å². The van der Waals surface area contributed by atoms with Crippen LogP contribution in [0.25, 0.3) is 0 Å². The third kappa shape index (κ3) is 2.29. The van der Waals surface area contributed by atoms with Crippen molar-refractivity contribution in [3.05, 3.63) is 29.0 Å². The van der Waals surface area contributed by atoms with Crippen LogP contribution in [0.1, 0.15) is 18.0 Å². The minimum atomic E-state index is 0.0444. The SMILES string of the molecule is NNC(c1ccncc1Cl)C1CCOC1. The Hall–Kier alpha value is -0.680. The molecule has 2 rings (SSSR count). The maximum Gasteiger partial charge on any atom is 0.0637 e. The molecule has 1 aromatic heterocycles. The Labute approximate surface area is 93.7 Å². The predicted octanol–water partition coefficient (Wildman–Crippen LogP) is 1.28. The van der Waals surface area contributed by atoms with Gasteiger partial charge in [0.2, 0.25) is 0 Å². The van der Waals surface area contributed by atoms with Crippen molar-refractivity contribution in [3.8, 4) is 0 Å². The first-order valence-electron chi connectivity index (χ1n) is 4.96. The van der Waals surface area contributed by atoms with Crippen LogP contribution in [0.4, 0.5) is 0 Å². The highest BCUT2D eigenvalue weighted by molar-refractivity contribution is 6.31. The van der Waals surface area contributed by atoms with E-state index < -0.39 is 0 Å². The van der Waals surface area contributed by atoms with Gasteiger partial charge in [0.25, 0.3) is 0 Å². The van der Waals surface area contributed by atoms with Crippen LogP contribution in [0, 0.1) is 5.92 Å². The summed E-state index contributed by atoms with van der Waals surface area (Å²) in [6, 6.07) is 1.94. The molecule has 1 aliphatic rings. The number of nitrogens with zero attached hydrogens (tertiary/aromatic N) is 1. The Morgan fingerprint density at radius 2 is 2.53 bits per heavy atom. The lowest BCUT2D eigenvalue weighted by atomic mass is 9.93. The fourth-order valence-corrected chi connectivity index (χ4v) is 2.17. The molecule has 0 aromatic carbocycles. The Balaban J connectivity index is 2.22. The maximum absolute atomic E-state index is 6.08. The summed E-state index contributed by atoms with van der Waals surface area (Å²) in [4.78, 5) is 3.96. The topological polar surface area (TPSA) is 60.2 Å². The van der Waals surface area contributed by atoms with Crippen molar-refractivity contribution >= 4 is 11.6 Å². The largest absolute Gasteiger partial charge is 0.381 e. The lowest BCUT2D eigenvalue weighted by molar-refractivity contribution is 0.177. The molecule has 82 valence electrons. The molecular weight excluding hydrogens is 214 g/mol. The smallest absolute Gasteiger partial charge is 0.0637 e. The van der Waals surface area contributed by atoms with Crippen molar-refractivity contribution in [1.29, 1.82) is 0 Å². The van der Waals surface area contributed by atoms with Crippen LogP contribution in [0.3, 0.4) is 0 Å². The van der Waals surface area contributed by atoms with Crippen molar-refractivity contribution in [2.24, 2.45) is 11.8 Å². The van der Waals surface area contributed by atoms with E-state index in [2.05, 4.69) is 10.4 Å². The number of nitrogens with two attached hydrogens (primary N) is 1. The molecule has 2 heterocycles. The molecule has 2 atom stereocenters. The van der Waals surface area contributed by atoms with Crippen LogP contribution < -0.4 is 11.3 Å². The zero-order valence-corrected chi connectivity index (χ0v) is 9.07. The Kier molecular flexibility index (Phi) is 3.53. The molecule has 0 bridgehead atoms. The normalized spacial score (nSPS) is 22.9. The van der Waals surface area contributed by atoms with E-state index in [1.165, 1.54) is 0 Å². The van der Waals surface area contributed by atoms with Gasteiger partial charge in [-0.2, -0.15) is 0 Å². The average Bonchev–Trinajstić information content (AvgIpc) is 2.75. The number of pyridine rings is 1. The van der Waals surface area contributed by atoms with Gasteiger partial charge in [-0.3, -0.25) is 16.3 Å². The van der Waals surface area contributed by atoms with Gasteiger partial charge in [-0.05, 0) is 18.1 Å². The van der Waals surface area contributed by atoms with Crippen LogP contribution in [-0.4, -0.2) is 18.2 Å². The van der Waals surface area contributed by atoms with Gasteiger partial charge in [0.1, 0.15) is 0 Å². The standard InChI is InChI=1S/C10H14ClN3O/c11-9-5-13-3-1-8(9)10(14-12)7-2-4-15-6-7/h1,3,5,7,10,14H,2,4,6,12H2. The molecular formula is C10H14ClN3O. The summed E-state index contributed by atoms with van der Waals surface area (Å²) < 4.78 is 5.35. The third-order valence-electron chi connectivity index (χ3n) is 2.75. The molecule has 0 spiro atoms. The van der Waals surface area contributed by atoms with Gasteiger partial charge >= 0.3 is 0 Å². The molecule has 1 aromatic rings. The van der Waals surface area contributed by atoms with Gasteiger partial charge in [-0.1, -0.05) is 11.6 Å². The number of rotatable bonds is 3. The molecule has 0 saturated carbocycles. The first-order chi connectivity index (χ1) is 7.33. The Morgan fingerprint density at radius 3 is 3.13 bits per heavy atom. The summed E-state index contributed by atoms with van der Waals surface area (Å²) in [5, 5.41) is 0.646. The number of hydrogen-bond acceptors (Lipinski definition) is 4. The van der Waals surface area contributed by atoms with E-state index >= 15 is 0 Å². The molecule has 1 fully saturated rings. The number of nitrogens with one attached hydrogen (secondary N) is 1. The number of ether oxygens (including phenoxy) is 1. The van der Waals surface area contributed by atoms with E-state index in [-0.39, 0.29) is 6.04 Å². The van der Waals surface area contributed by atoms with Gasteiger partial charge in [-0.25, -0.2) is 0 Å². The van der Waals surface area contributed by atoms with E-state index in [1.54, 1.807) is 12.4 Å². The van der Waals surface area contributed by atoms with Crippen LogP contribution in [-0.2, 0) is 4.74 Å². The molecule has 5 heteroatoms. The zero-order valence-electron chi connectivity index (χ0n) is 8.32. The van der Waals surface area contributed by atoms with Gasteiger partial charge in [-0.15, -0.1) is 0 Å². The van der Waals surface area contributed by atoms with Crippen molar-refractivity contribution in [2.45, 2.75) is 12.5 Å². The van der Waals surface area contributed by atoms with Gasteiger partial charge in [0.05, 0.1) is 17.7 Å². The second-order valence-electron chi connectivity index (χ2n) is 3.67. The molecule has 4 nitrogen and oxygen atoms in total. The second-order valence-corrected chi connectivity index (χ2v) is 4.07. The molecule has 0 radical (unpaired) electrons. The number of hydrogen-bond donors (Lipinski definition) is 2. The molecule has 3 N–H and O–H groups in total. The second kappa shape index (κ2) is 4.90. The highest BCUT2D eigenvalue weighted by Crippen LogP contribution is 2.31. The quantitative estimate of drug-likeness (QED) is 0.603. The summed E-state index contributed by atoms with van der Waals surface area (Å²) in [5.74, 6) is 5.95. The van der Waals surface area contributed by atoms with E-state index in [1.807, 2.05) is 6.07 Å². The van der Waals surface area contributed by atoms with Crippen molar-refractivity contribution < 1.29 is 4.74 Å². The van der Waals surface area contributed by atoms with Gasteiger partial charge in [0.15, 0.2) is 0 Å². The van der Waals surface area contributed by atoms with Crippen LogP contribution >= 0.6 is 11.6 Å². The predicted molar refractivity (Wildman–Crippen MR) is 58.2 cm³/mol. The molecule has 0 amide bonds. The zero-order chi connectivity index (χ0) is 10.7. The highest BCUT2D eigenvalue weighted by atomic mass is 35.5. The van der Waals surface area contributed by atoms with E-state index in [4.69, 9.17) is 22.2 Å². The molecule has 2 unspecified atom stereocenters. The highest BCUT2D eigenvalue weighted by Gasteiger charge is 2.27. The lowest BCUT2D eigenvalue weighted by Crippen LogP contribution is -2.34. The Morgan fingerprint density at radius 1 is 1.67 bits per heavy atom. The maximum atomic E-state index is 6.08. The van der Waals surface area contributed by atoms with Crippen LogP contribution in [0.5, 0.6) is 0 Å². The summed E-state index contributed by atoms with van der Waals surface area (Å²) in [7, 11) is 0. The van der Waals surface area contributed by atoms with Crippen LogP contribution in [0.2, 0.25) is 5.02 Å². The minimum Gasteiger partial charge on any atom is -0.381 e. The summed E-state index contributed by atoms with van der Waals surface area (Å²) in [6.07, 6.45) is 4.37. The average molecular weight is 228 g/mol. The van der Waals surface area contributed by atoms with E-state index in [0.717, 1.165) is 25.2 Å².